The van der Waals surface area contributed by atoms with Gasteiger partial charge in [0, 0.05) is 19.3 Å². The Kier molecular flexibility index (Phi) is 56.4. The zero-order chi connectivity index (χ0) is 51.8. The van der Waals surface area contributed by atoms with Crippen molar-refractivity contribution in [2.75, 3.05) is 13.2 Å². The number of ether oxygens (including phenoxy) is 3. The van der Waals surface area contributed by atoms with Crippen molar-refractivity contribution in [1.82, 2.24) is 0 Å². The van der Waals surface area contributed by atoms with Gasteiger partial charge in [0.25, 0.3) is 0 Å². The third kappa shape index (κ3) is 57.5. The number of carbonyl (C=O) groups excluding carboxylic acids is 3. The van der Waals surface area contributed by atoms with Crippen LogP contribution in [0.2, 0.25) is 0 Å². The predicted molar refractivity (Wildman–Crippen MR) is 307 cm³/mol. The molecule has 0 saturated carbocycles. The molecule has 422 valence electrons. The molecule has 0 radical (unpaired) electrons. The quantitative estimate of drug-likeness (QED) is 0.0343. The minimum absolute atomic E-state index is 0.0619. The monoisotopic (exact) mass is 1000 g/mol. The molecule has 0 spiro atoms. The molecular formula is C65H126O6. The van der Waals surface area contributed by atoms with Crippen LogP contribution in [0.15, 0.2) is 0 Å². The molecule has 0 aromatic heterocycles. The lowest BCUT2D eigenvalue weighted by molar-refractivity contribution is -0.167. The van der Waals surface area contributed by atoms with Crippen LogP contribution in [0.4, 0.5) is 0 Å². The molecule has 6 nitrogen and oxygen atoms in total. The molecule has 2 atom stereocenters. The van der Waals surface area contributed by atoms with E-state index in [0.29, 0.717) is 19.3 Å². The van der Waals surface area contributed by atoms with Gasteiger partial charge in [-0.2, -0.15) is 0 Å². The van der Waals surface area contributed by atoms with E-state index in [-0.39, 0.29) is 31.1 Å². The molecular weight excluding hydrogens is 877 g/mol. The molecule has 0 aliphatic carbocycles. The lowest BCUT2D eigenvalue weighted by atomic mass is 9.99. The number of unbranched alkanes of at least 4 members (excludes halogenated alkanes) is 43. The highest BCUT2D eigenvalue weighted by Crippen LogP contribution is 2.19. The average Bonchev–Trinajstić information content (AvgIpc) is 3.36. The minimum Gasteiger partial charge on any atom is -0.462 e. The lowest BCUT2D eigenvalue weighted by Gasteiger charge is -2.18. The fraction of sp³-hybridized carbons (Fsp3) is 0.954. The molecule has 0 aliphatic heterocycles. The molecule has 1 unspecified atom stereocenters. The maximum Gasteiger partial charge on any atom is 0.306 e. The van der Waals surface area contributed by atoms with Gasteiger partial charge in [-0.25, -0.2) is 0 Å². The highest BCUT2D eigenvalue weighted by molar-refractivity contribution is 5.71. The Morgan fingerprint density at radius 1 is 0.296 bits per heavy atom. The van der Waals surface area contributed by atoms with Crippen molar-refractivity contribution in [3.63, 3.8) is 0 Å². The van der Waals surface area contributed by atoms with E-state index in [1.165, 1.54) is 257 Å². The van der Waals surface area contributed by atoms with Crippen LogP contribution in [0.25, 0.3) is 0 Å². The molecule has 0 N–H and O–H groups in total. The maximum absolute atomic E-state index is 12.9. The largest absolute Gasteiger partial charge is 0.462 e. The van der Waals surface area contributed by atoms with Gasteiger partial charge < -0.3 is 14.2 Å². The van der Waals surface area contributed by atoms with Crippen molar-refractivity contribution >= 4 is 17.9 Å². The molecule has 0 fully saturated rings. The Morgan fingerprint density at radius 2 is 0.535 bits per heavy atom. The van der Waals surface area contributed by atoms with Gasteiger partial charge in [0.15, 0.2) is 6.10 Å². The van der Waals surface area contributed by atoms with Gasteiger partial charge in [-0.05, 0) is 31.1 Å². The molecule has 0 rings (SSSR count). The molecule has 0 aromatic carbocycles. The van der Waals surface area contributed by atoms with Crippen molar-refractivity contribution in [2.45, 2.75) is 375 Å². The van der Waals surface area contributed by atoms with Crippen molar-refractivity contribution < 1.29 is 28.6 Å². The Morgan fingerprint density at radius 3 is 0.803 bits per heavy atom. The zero-order valence-corrected chi connectivity index (χ0v) is 48.9. The Balaban J connectivity index is 4.18. The van der Waals surface area contributed by atoms with Crippen molar-refractivity contribution in [2.24, 2.45) is 11.8 Å². The second-order valence-corrected chi connectivity index (χ2v) is 23.1. The van der Waals surface area contributed by atoms with E-state index < -0.39 is 6.10 Å². The predicted octanol–water partition coefficient (Wildman–Crippen LogP) is 21.6. The summed E-state index contributed by atoms with van der Waals surface area (Å²) in [6, 6.07) is 0. The van der Waals surface area contributed by atoms with Gasteiger partial charge in [0.1, 0.15) is 13.2 Å². The van der Waals surface area contributed by atoms with Crippen molar-refractivity contribution in [3.05, 3.63) is 0 Å². The zero-order valence-electron chi connectivity index (χ0n) is 48.9. The van der Waals surface area contributed by atoms with Crippen LogP contribution in [0.5, 0.6) is 0 Å². The van der Waals surface area contributed by atoms with Gasteiger partial charge in [-0.1, -0.05) is 330 Å². The topological polar surface area (TPSA) is 78.9 Å². The Bertz CT molecular complexity index is 1090. The van der Waals surface area contributed by atoms with Crippen LogP contribution in [-0.4, -0.2) is 37.2 Å². The summed E-state index contributed by atoms with van der Waals surface area (Å²) in [6.45, 7) is 11.5. The van der Waals surface area contributed by atoms with E-state index >= 15 is 0 Å². The molecule has 71 heavy (non-hydrogen) atoms. The Labute approximate surface area is 444 Å². The molecule has 0 bridgehead atoms. The fourth-order valence-electron chi connectivity index (χ4n) is 10.1. The van der Waals surface area contributed by atoms with Crippen LogP contribution in [-0.2, 0) is 28.6 Å². The van der Waals surface area contributed by atoms with Crippen molar-refractivity contribution in [1.29, 1.82) is 0 Å². The normalized spacial score (nSPS) is 12.4. The van der Waals surface area contributed by atoms with Gasteiger partial charge in [0.05, 0.1) is 0 Å². The average molecular weight is 1000 g/mol. The van der Waals surface area contributed by atoms with Gasteiger partial charge in [0.2, 0.25) is 0 Å². The van der Waals surface area contributed by atoms with Crippen LogP contribution in [0.3, 0.4) is 0 Å². The highest BCUT2D eigenvalue weighted by Gasteiger charge is 2.19. The summed E-state index contributed by atoms with van der Waals surface area (Å²) in [5.74, 6) is 0.935. The summed E-state index contributed by atoms with van der Waals surface area (Å²) in [4.78, 5) is 38.2. The summed E-state index contributed by atoms with van der Waals surface area (Å²) in [6.07, 6.45) is 63.9. The molecule has 0 heterocycles. The summed E-state index contributed by atoms with van der Waals surface area (Å²) in [5.41, 5.74) is 0. The van der Waals surface area contributed by atoms with Crippen molar-refractivity contribution in [3.8, 4) is 0 Å². The molecule has 0 amide bonds. The smallest absolute Gasteiger partial charge is 0.306 e. The van der Waals surface area contributed by atoms with E-state index in [9.17, 15) is 14.4 Å². The highest BCUT2D eigenvalue weighted by atomic mass is 16.6. The first kappa shape index (κ1) is 69.4. The first-order valence-electron chi connectivity index (χ1n) is 32.3. The third-order valence-electron chi connectivity index (χ3n) is 15.3. The number of hydrogen-bond donors (Lipinski definition) is 0. The number of hydrogen-bond acceptors (Lipinski definition) is 6. The SMILES string of the molecule is CCCCCCCCCCCCC(=O)OC[C@@H](COC(=O)CCCCCCCCCCCCCCCCCCCCC(C)C)OC(=O)CCCCCCCCCCCCCCCCCCCCC(C)CC. The first-order valence-corrected chi connectivity index (χ1v) is 32.3. The van der Waals surface area contributed by atoms with E-state index in [1.54, 1.807) is 0 Å². The number of esters is 3. The second-order valence-electron chi connectivity index (χ2n) is 23.1. The van der Waals surface area contributed by atoms with Gasteiger partial charge in [-0.3, -0.25) is 14.4 Å². The Hall–Kier alpha value is -1.59. The van der Waals surface area contributed by atoms with Crippen LogP contribution in [0, 0.1) is 11.8 Å². The third-order valence-corrected chi connectivity index (χ3v) is 15.3. The molecule has 0 aliphatic rings. The van der Waals surface area contributed by atoms with E-state index in [2.05, 4.69) is 34.6 Å². The van der Waals surface area contributed by atoms with E-state index in [1.807, 2.05) is 0 Å². The number of rotatable bonds is 59. The molecule has 0 saturated heterocycles. The summed E-state index contributed by atoms with van der Waals surface area (Å²) in [5, 5.41) is 0. The number of carbonyl (C=O) groups is 3. The minimum atomic E-state index is -0.763. The summed E-state index contributed by atoms with van der Waals surface area (Å²) in [7, 11) is 0. The first-order chi connectivity index (χ1) is 34.8. The second kappa shape index (κ2) is 57.7. The van der Waals surface area contributed by atoms with Crippen LogP contribution >= 0.6 is 0 Å². The summed E-state index contributed by atoms with van der Waals surface area (Å²) >= 11 is 0. The van der Waals surface area contributed by atoms with E-state index in [0.717, 1.165) is 69.6 Å². The van der Waals surface area contributed by atoms with Gasteiger partial charge >= 0.3 is 17.9 Å². The fourth-order valence-corrected chi connectivity index (χ4v) is 10.1. The maximum atomic E-state index is 12.9. The molecule has 6 heteroatoms. The van der Waals surface area contributed by atoms with E-state index in [4.69, 9.17) is 14.2 Å². The van der Waals surface area contributed by atoms with Gasteiger partial charge in [-0.15, -0.1) is 0 Å². The standard InChI is InChI=1S/C65H126O6/c1-6-8-9-10-11-12-35-40-45-50-55-63(66)69-58-62(59-70-64(67)56-51-46-41-36-31-27-23-19-15-13-17-21-25-29-33-38-43-48-53-60(3)4)71-65(68)57-52-47-42-37-32-28-24-20-16-14-18-22-26-30-34-39-44-49-54-61(5)7-2/h60-62H,6-59H2,1-5H3/t61?,62-/m0/s1. The summed E-state index contributed by atoms with van der Waals surface area (Å²) < 4.78 is 16.9. The lowest BCUT2D eigenvalue weighted by Crippen LogP contribution is -2.30. The van der Waals surface area contributed by atoms with Crippen LogP contribution < -0.4 is 0 Å². The van der Waals surface area contributed by atoms with Crippen LogP contribution in [0.1, 0.15) is 369 Å². The molecule has 0 aromatic rings.